The molecule has 0 saturated carbocycles. The van der Waals surface area contributed by atoms with Crippen molar-refractivity contribution in [2.45, 2.75) is 19.5 Å². The van der Waals surface area contributed by atoms with E-state index in [1.54, 1.807) is 11.3 Å². The van der Waals surface area contributed by atoms with Crippen LogP contribution in [0.25, 0.3) is 11.0 Å². The highest BCUT2D eigenvalue weighted by Gasteiger charge is 2.11. The molecule has 92 valence electrons. The number of benzene rings is 1. The van der Waals surface area contributed by atoms with E-state index in [0.29, 0.717) is 0 Å². The molecule has 1 unspecified atom stereocenters. The van der Waals surface area contributed by atoms with E-state index in [-0.39, 0.29) is 6.04 Å². The van der Waals surface area contributed by atoms with Crippen LogP contribution >= 0.6 is 11.3 Å². The summed E-state index contributed by atoms with van der Waals surface area (Å²) in [4.78, 5) is 4.25. The maximum atomic E-state index is 5.82. The van der Waals surface area contributed by atoms with Gasteiger partial charge in [0.1, 0.15) is 11.3 Å². The van der Waals surface area contributed by atoms with Crippen molar-refractivity contribution in [3.8, 4) is 0 Å². The van der Waals surface area contributed by atoms with Crippen LogP contribution in [0.15, 0.2) is 45.6 Å². The van der Waals surface area contributed by atoms with Crippen LogP contribution in [-0.4, -0.2) is 4.98 Å². The zero-order valence-corrected chi connectivity index (χ0v) is 10.9. The third-order valence-corrected chi connectivity index (χ3v) is 3.58. The van der Waals surface area contributed by atoms with Gasteiger partial charge in [0.25, 0.3) is 0 Å². The second kappa shape index (κ2) is 4.92. The predicted molar refractivity (Wildman–Crippen MR) is 73.6 cm³/mol. The molecule has 3 nitrogen and oxygen atoms in total. The molecule has 0 bridgehead atoms. The number of thiazole rings is 1. The Morgan fingerprint density at radius 3 is 3.06 bits per heavy atom. The Hall–Kier alpha value is -1.65. The molecule has 1 aromatic carbocycles. The fraction of sp³-hybridized carbons (Fsp3) is 0.214. The molecule has 1 atom stereocenters. The quantitative estimate of drug-likeness (QED) is 0.774. The van der Waals surface area contributed by atoms with Crippen LogP contribution in [0.4, 0.5) is 0 Å². The lowest BCUT2D eigenvalue weighted by Crippen LogP contribution is -2.17. The zero-order valence-electron chi connectivity index (χ0n) is 10.1. The lowest BCUT2D eigenvalue weighted by atomic mass is 10.2. The molecular formula is C14H14N2OS. The molecular weight excluding hydrogens is 244 g/mol. The molecule has 2 heterocycles. The summed E-state index contributed by atoms with van der Waals surface area (Å²) in [5.74, 6) is 0.964. The Kier molecular flexibility index (Phi) is 3.13. The van der Waals surface area contributed by atoms with Gasteiger partial charge in [0.2, 0.25) is 0 Å². The third kappa shape index (κ3) is 2.30. The van der Waals surface area contributed by atoms with Crippen LogP contribution in [-0.2, 0) is 6.54 Å². The number of fused-ring (bicyclic) bond motifs is 1. The molecule has 3 aromatic rings. The maximum absolute atomic E-state index is 5.82. The smallest absolute Gasteiger partial charge is 0.134 e. The lowest BCUT2D eigenvalue weighted by molar-refractivity contribution is 0.449. The van der Waals surface area contributed by atoms with Gasteiger partial charge in [-0.1, -0.05) is 18.2 Å². The number of nitrogens with one attached hydrogen (secondary N) is 1. The van der Waals surface area contributed by atoms with Crippen molar-refractivity contribution >= 4 is 22.3 Å². The summed E-state index contributed by atoms with van der Waals surface area (Å²) in [5.41, 5.74) is 3.86. The van der Waals surface area contributed by atoms with Gasteiger partial charge >= 0.3 is 0 Å². The van der Waals surface area contributed by atoms with Crippen LogP contribution in [0.3, 0.4) is 0 Å². The van der Waals surface area contributed by atoms with E-state index in [1.807, 2.05) is 23.7 Å². The minimum Gasteiger partial charge on any atom is -0.459 e. The SMILES string of the molecule is CC(NCc1cscn1)c1cc2ccccc2o1. The fourth-order valence-electron chi connectivity index (χ4n) is 1.90. The van der Waals surface area contributed by atoms with Crippen LogP contribution < -0.4 is 5.32 Å². The normalized spacial score (nSPS) is 12.9. The van der Waals surface area contributed by atoms with Gasteiger partial charge in [-0.05, 0) is 19.1 Å². The molecule has 2 aromatic heterocycles. The minimum atomic E-state index is 0.180. The molecule has 3 rings (SSSR count). The Morgan fingerprint density at radius 1 is 1.39 bits per heavy atom. The standard InChI is InChI=1S/C14H14N2OS/c1-10(15-7-12-8-18-9-16-12)14-6-11-4-2-3-5-13(11)17-14/h2-6,8-10,15H,7H2,1H3. The van der Waals surface area contributed by atoms with Crippen molar-refractivity contribution in [3.63, 3.8) is 0 Å². The van der Waals surface area contributed by atoms with Gasteiger partial charge in [0, 0.05) is 17.3 Å². The van der Waals surface area contributed by atoms with Crippen molar-refractivity contribution in [1.29, 1.82) is 0 Å². The molecule has 0 aliphatic carbocycles. The highest BCUT2D eigenvalue weighted by molar-refractivity contribution is 7.07. The first-order valence-corrected chi connectivity index (χ1v) is 6.86. The Labute approximate surface area is 109 Å². The summed E-state index contributed by atoms with van der Waals surface area (Å²) in [6.07, 6.45) is 0. The molecule has 18 heavy (non-hydrogen) atoms. The first-order valence-electron chi connectivity index (χ1n) is 5.92. The summed E-state index contributed by atoms with van der Waals surface area (Å²) in [6, 6.07) is 10.3. The van der Waals surface area contributed by atoms with Crippen molar-refractivity contribution in [3.05, 3.63) is 52.7 Å². The monoisotopic (exact) mass is 258 g/mol. The van der Waals surface area contributed by atoms with E-state index in [9.17, 15) is 0 Å². The Balaban J connectivity index is 1.73. The zero-order chi connectivity index (χ0) is 12.4. The van der Waals surface area contributed by atoms with Gasteiger partial charge in [-0.25, -0.2) is 4.98 Å². The van der Waals surface area contributed by atoms with E-state index in [2.05, 4.69) is 34.7 Å². The number of furan rings is 1. The maximum Gasteiger partial charge on any atom is 0.134 e. The van der Waals surface area contributed by atoms with E-state index in [0.717, 1.165) is 29.0 Å². The largest absolute Gasteiger partial charge is 0.459 e. The van der Waals surface area contributed by atoms with E-state index < -0.39 is 0 Å². The summed E-state index contributed by atoms with van der Waals surface area (Å²) in [6.45, 7) is 2.87. The summed E-state index contributed by atoms with van der Waals surface area (Å²) in [7, 11) is 0. The van der Waals surface area contributed by atoms with Crippen molar-refractivity contribution in [1.82, 2.24) is 10.3 Å². The first kappa shape index (κ1) is 11.4. The average molecular weight is 258 g/mol. The van der Waals surface area contributed by atoms with Crippen molar-refractivity contribution in [2.24, 2.45) is 0 Å². The van der Waals surface area contributed by atoms with Crippen molar-refractivity contribution in [2.75, 3.05) is 0 Å². The number of aromatic nitrogens is 1. The second-order valence-corrected chi connectivity index (χ2v) is 4.99. The van der Waals surface area contributed by atoms with E-state index in [4.69, 9.17) is 4.42 Å². The number of rotatable bonds is 4. The highest BCUT2D eigenvalue weighted by atomic mass is 32.1. The summed E-state index contributed by atoms with van der Waals surface area (Å²) < 4.78 is 5.82. The molecule has 1 N–H and O–H groups in total. The van der Waals surface area contributed by atoms with Gasteiger partial charge < -0.3 is 9.73 Å². The molecule has 0 saturated heterocycles. The van der Waals surface area contributed by atoms with Gasteiger partial charge in [-0.3, -0.25) is 0 Å². The van der Waals surface area contributed by atoms with Gasteiger partial charge in [0.15, 0.2) is 0 Å². The summed E-state index contributed by atoms with van der Waals surface area (Å²) >= 11 is 1.62. The van der Waals surface area contributed by atoms with E-state index >= 15 is 0 Å². The molecule has 0 fully saturated rings. The molecule has 0 radical (unpaired) electrons. The van der Waals surface area contributed by atoms with Crippen LogP contribution in [0.5, 0.6) is 0 Å². The van der Waals surface area contributed by atoms with Crippen LogP contribution in [0.2, 0.25) is 0 Å². The number of hydrogen-bond donors (Lipinski definition) is 1. The predicted octanol–water partition coefficient (Wildman–Crippen LogP) is 3.74. The second-order valence-electron chi connectivity index (χ2n) is 4.27. The fourth-order valence-corrected chi connectivity index (χ4v) is 2.46. The molecule has 0 aliphatic heterocycles. The van der Waals surface area contributed by atoms with Gasteiger partial charge in [0.05, 0.1) is 17.2 Å². The molecule has 0 spiro atoms. The Morgan fingerprint density at radius 2 is 2.28 bits per heavy atom. The average Bonchev–Trinajstić information content (AvgIpc) is 3.04. The number of nitrogens with zero attached hydrogens (tertiary/aromatic N) is 1. The molecule has 4 heteroatoms. The molecule has 0 amide bonds. The Bertz CT molecular complexity index is 597. The number of para-hydroxylation sites is 1. The number of hydrogen-bond acceptors (Lipinski definition) is 4. The summed E-state index contributed by atoms with van der Waals surface area (Å²) in [5, 5.41) is 6.61. The van der Waals surface area contributed by atoms with Gasteiger partial charge in [-0.15, -0.1) is 11.3 Å². The van der Waals surface area contributed by atoms with E-state index in [1.165, 1.54) is 0 Å². The third-order valence-electron chi connectivity index (χ3n) is 2.94. The molecule has 0 aliphatic rings. The lowest BCUT2D eigenvalue weighted by Gasteiger charge is -2.09. The minimum absolute atomic E-state index is 0.180. The highest BCUT2D eigenvalue weighted by Crippen LogP contribution is 2.23. The van der Waals surface area contributed by atoms with Gasteiger partial charge in [-0.2, -0.15) is 0 Å². The van der Waals surface area contributed by atoms with Crippen LogP contribution in [0.1, 0.15) is 24.4 Å². The van der Waals surface area contributed by atoms with Crippen LogP contribution in [0, 0.1) is 0 Å². The van der Waals surface area contributed by atoms with Crippen molar-refractivity contribution < 1.29 is 4.42 Å². The first-order chi connectivity index (χ1) is 8.83. The topological polar surface area (TPSA) is 38.1 Å².